The lowest BCUT2D eigenvalue weighted by atomic mass is 10.0. The second-order valence-electron chi connectivity index (χ2n) is 7.52. The molecule has 2 aromatic carbocycles. The quantitative estimate of drug-likeness (QED) is 0.591. The SMILES string of the molecule is CC(C)C(NC(=O)c1ccc(Br)cc1)C(=O)Nc1cccc(C(=O)NC2CC2)c1. The smallest absolute Gasteiger partial charge is 0.251 e. The summed E-state index contributed by atoms with van der Waals surface area (Å²) < 4.78 is 0.873. The first-order chi connectivity index (χ1) is 13.8. The first kappa shape index (κ1) is 21.0. The average molecular weight is 458 g/mol. The summed E-state index contributed by atoms with van der Waals surface area (Å²) in [5, 5.41) is 8.54. The molecule has 29 heavy (non-hydrogen) atoms. The van der Waals surface area contributed by atoms with Crippen molar-refractivity contribution in [3.8, 4) is 0 Å². The lowest BCUT2D eigenvalue weighted by molar-refractivity contribution is -0.118. The second-order valence-corrected chi connectivity index (χ2v) is 8.44. The van der Waals surface area contributed by atoms with Gasteiger partial charge < -0.3 is 16.0 Å². The Balaban J connectivity index is 1.67. The first-order valence-corrected chi connectivity index (χ1v) is 10.4. The molecule has 0 radical (unpaired) electrons. The number of nitrogens with one attached hydrogen (secondary N) is 3. The van der Waals surface area contributed by atoms with Crippen molar-refractivity contribution in [3.05, 3.63) is 64.1 Å². The monoisotopic (exact) mass is 457 g/mol. The summed E-state index contributed by atoms with van der Waals surface area (Å²) in [6.45, 7) is 3.73. The van der Waals surface area contributed by atoms with Gasteiger partial charge in [-0.05, 0) is 61.2 Å². The third kappa shape index (κ3) is 5.90. The Morgan fingerprint density at radius 2 is 1.66 bits per heavy atom. The molecule has 0 aliphatic heterocycles. The number of carbonyl (C=O) groups excluding carboxylic acids is 3. The molecule has 1 atom stereocenters. The molecule has 7 heteroatoms. The minimum atomic E-state index is -0.713. The van der Waals surface area contributed by atoms with E-state index in [0.717, 1.165) is 17.3 Å². The van der Waals surface area contributed by atoms with Crippen molar-refractivity contribution >= 4 is 39.3 Å². The van der Waals surface area contributed by atoms with Crippen molar-refractivity contribution in [2.24, 2.45) is 5.92 Å². The van der Waals surface area contributed by atoms with E-state index in [9.17, 15) is 14.4 Å². The van der Waals surface area contributed by atoms with Crippen LogP contribution < -0.4 is 16.0 Å². The maximum atomic E-state index is 12.8. The summed E-state index contributed by atoms with van der Waals surface area (Å²) in [5.41, 5.74) is 1.49. The molecule has 1 aliphatic carbocycles. The Morgan fingerprint density at radius 3 is 2.28 bits per heavy atom. The Kier molecular flexibility index (Phi) is 6.69. The maximum absolute atomic E-state index is 12.8. The number of rotatable bonds is 7. The largest absolute Gasteiger partial charge is 0.349 e. The molecule has 3 rings (SSSR count). The van der Waals surface area contributed by atoms with Gasteiger partial charge >= 0.3 is 0 Å². The number of hydrogen-bond donors (Lipinski definition) is 3. The van der Waals surface area contributed by atoms with E-state index >= 15 is 0 Å². The summed E-state index contributed by atoms with van der Waals surface area (Å²) in [6, 6.07) is 13.3. The molecule has 152 valence electrons. The molecule has 6 nitrogen and oxygen atoms in total. The van der Waals surface area contributed by atoms with Crippen molar-refractivity contribution in [3.63, 3.8) is 0 Å². The zero-order valence-corrected chi connectivity index (χ0v) is 18.0. The van der Waals surface area contributed by atoms with Crippen molar-refractivity contribution in [2.45, 2.75) is 38.8 Å². The zero-order valence-electron chi connectivity index (χ0n) is 16.4. The number of anilines is 1. The Hall–Kier alpha value is -2.67. The summed E-state index contributed by atoms with van der Waals surface area (Å²) in [5.74, 6) is -0.905. The van der Waals surface area contributed by atoms with Crippen LogP contribution in [0.25, 0.3) is 0 Å². The summed E-state index contributed by atoms with van der Waals surface area (Å²) in [7, 11) is 0. The van der Waals surface area contributed by atoms with E-state index in [2.05, 4.69) is 31.9 Å². The van der Waals surface area contributed by atoms with Crippen LogP contribution in [0.1, 0.15) is 47.4 Å². The van der Waals surface area contributed by atoms with Crippen molar-refractivity contribution < 1.29 is 14.4 Å². The average Bonchev–Trinajstić information content (AvgIpc) is 3.50. The fourth-order valence-electron chi connectivity index (χ4n) is 2.82. The van der Waals surface area contributed by atoms with Crippen LogP contribution in [0.4, 0.5) is 5.69 Å². The van der Waals surface area contributed by atoms with E-state index in [0.29, 0.717) is 16.8 Å². The molecule has 1 fully saturated rings. The standard InChI is InChI=1S/C22H24BrN3O3/c1-13(2)19(26-20(27)14-6-8-16(23)9-7-14)22(29)25-18-5-3-4-15(12-18)21(28)24-17-10-11-17/h3-9,12-13,17,19H,10-11H2,1-2H3,(H,24,28)(H,25,29)(H,26,27). The fraction of sp³-hybridized carbons (Fsp3) is 0.318. The van der Waals surface area contributed by atoms with Crippen molar-refractivity contribution in [1.29, 1.82) is 0 Å². The molecular weight excluding hydrogens is 434 g/mol. The highest BCUT2D eigenvalue weighted by Gasteiger charge is 2.26. The van der Waals surface area contributed by atoms with Gasteiger partial charge in [-0.3, -0.25) is 14.4 Å². The topological polar surface area (TPSA) is 87.3 Å². The molecule has 1 saturated carbocycles. The minimum Gasteiger partial charge on any atom is -0.349 e. The van der Waals surface area contributed by atoms with Gasteiger partial charge in [0.2, 0.25) is 5.91 Å². The highest BCUT2D eigenvalue weighted by molar-refractivity contribution is 9.10. The van der Waals surface area contributed by atoms with Gasteiger partial charge in [-0.25, -0.2) is 0 Å². The first-order valence-electron chi connectivity index (χ1n) is 9.61. The Morgan fingerprint density at radius 1 is 0.966 bits per heavy atom. The molecule has 3 amide bonds. The van der Waals surface area contributed by atoms with Crippen LogP contribution in [0.2, 0.25) is 0 Å². The number of carbonyl (C=O) groups is 3. The third-order valence-corrected chi connectivity index (χ3v) is 5.18. The van der Waals surface area contributed by atoms with Crippen LogP contribution in [0.3, 0.4) is 0 Å². The molecular formula is C22H24BrN3O3. The van der Waals surface area contributed by atoms with Gasteiger partial charge in [0, 0.05) is 27.3 Å². The van der Waals surface area contributed by atoms with Crippen LogP contribution >= 0.6 is 15.9 Å². The molecule has 1 aliphatic rings. The van der Waals surface area contributed by atoms with E-state index in [1.54, 1.807) is 48.5 Å². The van der Waals surface area contributed by atoms with Gasteiger partial charge in [0.15, 0.2) is 0 Å². The Bertz CT molecular complexity index is 908. The summed E-state index contributed by atoms with van der Waals surface area (Å²) >= 11 is 3.34. The summed E-state index contributed by atoms with van der Waals surface area (Å²) in [4.78, 5) is 37.5. The van der Waals surface area contributed by atoms with Gasteiger partial charge in [-0.15, -0.1) is 0 Å². The minimum absolute atomic E-state index is 0.115. The molecule has 0 aromatic heterocycles. The number of halogens is 1. The van der Waals surface area contributed by atoms with E-state index in [4.69, 9.17) is 0 Å². The lowest BCUT2D eigenvalue weighted by Crippen LogP contribution is -2.47. The molecule has 0 bridgehead atoms. The highest BCUT2D eigenvalue weighted by Crippen LogP contribution is 2.20. The van der Waals surface area contributed by atoms with Gasteiger partial charge in [-0.1, -0.05) is 35.8 Å². The second kappa shape index (κ2) is 9.22. The Labute approximate surface area is 178 Å². The van der Waals surface area contributed by atoms with Gasteiger partial charge in [0.25, 0.3) is 11.8 Å². The van der Waals surface area contributed by atoms with E-state index in [-0.39, 0.29) is 29.7 Å². The van der Waals surface area contributed by atoms with Crippen LogP contribution in [0, 0.1) is 5.92 Å². The highest BCUT2D eigenvalue weighted by atomic mass is 79.9. The van der Waals surface area contributed by atoms with Crippen molar-refractivity contribution in [1.82, 2.24) is 10.6 Å². The predicted octanol–water partition coefficient (Wildman–Crippen LogP) is 3.73. The molecule has 0 heterocycles. The molecule has 0 saturated heterocycles. The lowest BCUT2D eigenvalue weighted by Gasteiger charge is -2.22. The van der Waals surface area contributed by atoms with Gasteiger partial charge in [0.1, 0.15) is 6.04 Å². The van der Waals surface area contributed by atoms with Crippen LogP contribution in [0.5, 0.6) is 0 Å². The summed E-state index contributed by atoms with van der Waals surface area (Å²) in [6.07, 6.45) is 2.02. The molecule has 0 spiro atoms. The van der Waals surface area contributed by atoms with Gasteiger partial charge in [0.05, 0.1) is 0 Å². The van der Waals surface area contributed by atoms with E-state index < -0.39 is 6.04 Å². The third-order valence-electron chi connectivity index (χ3n) is 4.65. The number of benzene rings is 2. The van der Waals surface area contributed by atoms with E-state index in [1.165, 1.54) is 0 Å². The van der Waals surface area contributed by atoms with Crippen LogP contribution in [0.15, 0.2) is 53.0 Å². The van der Waals surface area contributed by atoms with Crippen LogP contribution in [-0.4, -0.2) is 29.8 Å². The zero-order chi connectivity index (χ0) is 21.0. The molecule has 1 unspecified atom stereocenters. The van der Waals surface area contributed by atoms with Crippen molar-refractivity contribution in [2.75, 3.05) is 5.32 Å². The normalized spacial score (nSPS) is 14.2. The van der Waals surface area contributed by atoms with Gasteiger partial charge in [-0.2, -0.15) is 0 Å². The van der Waals surface area contributed by atoms with E-state index in [1.807, 2.05) is 13.8 Å². The molecule has 3 N–H and O–H groups in total. The number of amides is 3. The fourth-order valence-corrected chi connectivity index (χ4v) is 3.08. The molecule has 2 aromatic rings. The predicted molar refractivity (Wildman–Crippen MR) is 116 cm³/mol. The maximum Gasteiger partial charge on any atom is 0.251 e. The van der Waals surface area contributed by atoms with Crippen LogP contribution in [-0.2, 0) is 4.79 Å². The number of hydrogen-bond acceptors (Lipinski definition) is 3.